The van der Waals surface area contributed by atoms with E-state index in [0.29, 0.717) is 19.3 Å². The Bertz CT molecular complexity index is 582. The number of hydrogen-bond acceptors (Lipinski definition) is 2. The normalized spacial score (nSPS) is 27.8. The fraction of sp³-hybridized carbons (Fsp3) is 0.533. The molecule has 102 valence electrons. The zero-order chi connectivity index (χ0) is 13.5. The summed E-state index contributed by atoms with van der Waals surface area (Å²) >= 11 is 0. The second-order valence-corrected chi connectivity index (χ2v) is 5.75. The van der Waals surface area contributed by atoms with E-state index >= 15 is 0 Å². The van der Waals surface area contributed by atoms with Crippen LogP contribution >= 0.6 is 0 Å². The molecular weight excluding hydrogens is 241 g/mol. The molecule has 1 aliphatic rings. The molecule has 0 radical (unpaired) electrons. The van der Waals surface area contributed by atoms with Crippen molar-refractivity contribution in [1.29, 1.82) is 0 Å². The number of halogens is 1. The van der Waals surface area contributed by atoms with E-state index < -0.39 is 5.67 Å². The molecule has 1 saturated carbocycles. The van der Waals surface area contributed by atoms with Crippen LogP contribution in [0, 0.1) is 0 Å². The number of rotatable bonds is 2. The molecule has 0 aliphatic heterocycles. The van der Waals surface area contributed by atoms with Crippen LogP contribution in [0.3, 0.4) is 0 Å². The van der Waals surface area contributed by atoms with Gasteiger partial charge in [0.25, 0.3) is 0 Å². The molecule has 0 bridgehead atoms. The third kappa shape index (κ3) is 2.37. The molecule has 1 heterocycles. The Kier molecular flexibility index (Phi) is 3.05. The van der Waals surface area contributed by atoms with Crippen molar-refractivity contribution < 1.29 is 4.39 Å². The van der Waals surface area contributed by atoms with Crippen molar-refractivity contribution in [3.63, 3.8) is 0 Å². The van der Waals surface area contributed by atoms with E-state index in [4.69, 9.17) is 5.73 Å². The molecule has 2 aromatic rings. The fourth-order valence-electron chi connectivity index (χ4n) is 3.05. The molecule has 3 nitrogen and oxygen atoms in total. The van der Waals surface area contributed by atoms with E-state index in [0.717, 1.165) is 29.4 Å². The molecule has 4 heteroatoms. The highest BCUT2D eigenvalue weighted by molar-refractivity contribution is 5.81. The molecule has 0 saturated heterocycles. The molecule has 0 amide bonds. The summed E-state index contributed by atoms with van der Waals surface area (Å²) in [6, 6.07) is 8.18. The van der Waals surface area contributed by atoms with Crippen molar-refractivity contribution in [2.75, 3.05) is 0 Å². The lowest BCUT2D eigenvalue weighted by Gasteiger charge is -2.32. The number of fused-ring (bicyclic) bond motifs is 1. The lowest BCUT2D eigenvalue weighted by molar-refractivity contribution is 0.0985. The first-order chi connectivity index (χ1) is 9.07. The minimum atomic E-state index is -1.13. The van der Waals surface area contributed by atoms with Crippen molar-refractivity contribution in [3.05, 3.63) is 30.0 Å². The maximum atomic E-state index is 14.9. The zero-order valence-corrected chi connectivity index (χ0v) is 11.3. The third-order valence-electron chi connectivity index (χ3n) is 4.24. The lowest BCUT2D eigenvalue weighted by Crippen LogP contribution is -2.37. The lowest BCUT2D eigenvalue weighted by atomic mass is 9.81. The summed E-state index contributed by atoms with van der Waals surface area (Å²) in [4.78, 5) is 0. The molecule has 1 aromatic carbocycles. The summed E-state index contributed by atoms with van der Waals surface area (Å²) in [5.41, 5.74) is 6.66. The highest BCUT2D eigenvalue weighted by atomic mass is 19.1. The van der Waals surface area contributed by atoms with Gasteiger partial charge >= 0.3 is 0 Å². The second-order valence-electron chi connectivity index (χ2n) is 5.75. The predicted octanol–water partition coefficient (Wildman–Crippen LogP) is 2.73. The van der Waals surface area contributed by atoms with Crippen LogP contribution in [0.25, 0.3) is 10.9 Å². The summed E-state index contributed by atoms with van der Waals surface area (Å²) in [5, 5.41) is 5.56. The number of para-hydroxylation sites is 1. The molecule has 2 N–H and O–H groups in total. The van der Waals surface area contributed by atoms with Gasteiger partial charge in [-0.1, -0.05) is 18.2 Å². The van der Waals surface area contributed by atoms with Crippen LogP contribution in [-0.2, 0) is 13.5 Å². The van der Waals surface area contributed by atoms with Crippen LogP contribution in [0.1, 0.15) is 31.4 Å². The van der Waals surface area contributed by atoms with Crippen LogP contribution in [0.5, 0.6) is 0 Å². The first-order valence-corrected chi connectivity index (χ1v) is 6.92. The van der Waals surface area contributed by atoms with Gasteiger partial charge in [0.2, 0.25) is 0 Å². The molecule has 1 fully saturated rings. The highest BCUT2D eigenvalue weighted by Gasteiger charge is 2.35. The van der Waals surface area contributed by atoms with Gasteiger partial charge < -0.3 is 5.73 Å². The van der Waals surface area contributed by atoms with Crippen molar-refractivity contribution in [2.45, 2.75) is 43.8 Å². The van der Waals surface area contributed by atoms with E-state index in [2.05, 4.69) is 5.10 Å². The number of benzene rings is 1. The SMILES string of the molecule is Cn1nc(CC2(F)CCC(N)CC2)c2ccccc21. The van der Waals surface area contributed by atoms with E-state index in [1.165, 1.54) is 0 Å². The van der Waals surface area contributed by atoms with Crippen molar-refractivity contribution >= 4 is 10.9 Å². The first kappa shape index (κ1) is 12.6. The Balaban J connectivity index is 1.89. The Morgan fingerprint density at radius 1 is 1.37 bits per heavy atom. The van der Waals surface area contributed by atoms with Gasteiger partial charge in [-0.2, -0.15) is 5.10 Å². The maximum absolute atomic E-state index is 14.9. The zero-order valence-electron chi connectivity index (χ0n) is 11.3. The molecule has 0 atom stereocenters. The third-order valence-corrected chi connectivity index (χ3v) is 4.24. The second kappa shape index (κ2) is 4.60. The first-order valence-electron chi connectivity index (χ1n) is 6.92. The van der Waals surface area contributed by atoms with Crippen molar-refractivity contribution in [3.8, 4) is 0 Å². The molecule has 1 aliphatic carbocycles. The predicted molar refractivity (Wildman–Crippen MR) is 74.7 cm³/mol. The maximum Gasteiger partial charge on any atom is 0.116 e. The van der Waals surface area contributed by atoms with E-state index in [9.17, 15) is 4.39 Å². The van der Waals surface area contributed by atoms with Crippen LogP contribution in [0.4, 0.5) is 4.39 Å². The topological polar surface area (TPSA) is 43.8 Å². The Morgan fingerprint density at radius 3 is 2.79 bits per heavy atom. The number of nitrogens with two attached hydrogens (primary N) is 1. The number of alkyl halides is 1. The molecule has 1 aromatic heterocycles. The number of aromatic nitrogens is 2. The fourth-order valence-corrected chi connectivity index (χ4v) is 3.05. The summed E-state index contributed by atoms with van der Waals surface area (Å²) in [6.07, 6.45) is 3.07. The van der Waals surface area contributed by atoms with Crippen LogP contribution in [0.2, 0.25) is 0 Å². The molecule has 3 rings (SSSR count). The minimum absolute atomic E-state index is 0.171. The average molecular weight is 261 g/mol. The smallest absolute Gasteiger partial charge is 0.116 e. The van der Waals surface area contributed by atoms with Crippen molar-refractivity contribution in [1.82, 2.24) is 9.78 Å². The largest absolute Gasteiger partial charge is 0.328 e. The van der Waals surface area contributed by atoms with Gasteiger partial charge in [0, 0.05) is 24.9 Å². The quantitative estimate of drug-likeness (QED) is 0.903. The molecule has 0 spiro atoms. The molecule has 19 heavy (non-hydrogen) atoms. The molecule has 0 unspecified atom stereocenters. The average Bonchev–Trinajstić information content (AvgIpc) is 2.71. The van der Waals surface area contributed by atoms with Gasteiger partial charge in [-0.15, -0.1) is 0 Å². The van der Waals surface area contributed by atoms with E-state index in [1.54, 1.807) is 0 Å². The number of hydrogen-bond donors (Lipinski definition) is 1. The summed E-state index contributed by atoms with van der Waals surface area (Å²) in [5.74, 6) is 0. The van der Waals surface area contributed by atoms with Gasteiger partial charge in [0.1, 0.15) is 5.67 Å². The summed E-state index contributed by atoms with van der Waals surface area (Å²) in [6.45, 7) is 0. The Hall–Kier alpha value is -1.42. The minimum Gasteiger partial charge on any atom is -0.328 e. The van der Waals surface area contributed by atoms with E-state index in [-0.39, 0.29) is 6.04 Å². The van der Waals surface area contributed by atoms with Gasteiger partial charge in [-0.3, -0.25) is 4.68 Å². The summed E-state index contributed by atoms with van der Waals surface area (Å²) < 4.78 is 16.7. The standard InChI is InChI=1S/C15H20FN3/c1-19-14-5-3-2-4-12(14)13(18-19)10-15(16)8-6-11(17)7-9-15/h2-5,11H,6-10,17H2,1H3. The van der Waals surface area contributed by atoms with Gasteiger partial charge in [-0.25, -0.2) is 4.39 Å². The number of aryl methyl sites for hydroxylation is 1. The van der Waals surface area contributed by atoms with Gasteiger partial charge in [0.15, 0.2) is 0 Å². The summed E-state index contributed by atoms with van der Waals surface area (Å²) in [7, 11) is 1.91. The van der Waals surface area contributed by atoms with Crippen LogP contribution < -0.4 is 5.73 Å². The Labute approximate surface area is 112 Å². The van der Waals surface area contributed by atoms with Crippen molar-refractivity contribution in [2.24, 2.45) is 12.8 Å². The van der Waals surface area contributed by atoms with Crippen LogP contribution in [0.15, 0.2) is 24.3 Å². The Morgan fingerprint density at radius 2 is 2.05 bits per heavy atom. The van der Waals surface area contributed by atoms with E-state index in [1.807, 2.05) is 36.0 Å². The monoisotopic (exact) mass is 261 g/mol. The van der Waals surface area contributed by atoms with Gasteiger partial charge in [0.05, 0.1) is 11.2 Å². The highest BCUT2D eigenvalue weighted by Crippen LogP contribution is 2.35. The van der Waals surface area contributed by atoms with Gasteiger partial charge in [-0.05, 0) is 31.7 Å². The number of nitrogens with zero attached hydrogens (tertiary/aromatic N) is 2. The molecular formula is C15H20FN3. The van der Waals surface area contributed by atoms with Crippen LogP contribution in [-0.4, -0.2) is 21.5 Å².